The van der Waals surface area contributed by atoms with Crippen molar-refractivity contribution in [3.63, 3.8) is 0 Å². The van der Waals surface area contributed by atoms with Crippen molar-refractivity contribution < 1.29 is 19.8 Å². The SMILES string of the molecule is O=C(O)C(=O)/C=C/C=C(\O)c1ccc(Cl)c(Cl)c1. The first kappa shape index (κ1) is 14.3. The van der Waals surface area contributed by atoms with Crippen LogP contribution in [0.3, 0.4) is 0 Å². The molecule has 0 fully saturated rings. The normalized spacial score (nSPS) is 11.8. The first-order valence-corrected chi connectivity index (χ1v) is 5.47. The number of aliphatic hydroxyl groups excluding tert-OH is 1. The molecule has 18 heavy (non-hydrogen) atoms. The summed E-state index contributed by atoms with van der Waals surface area (Å²) in [5.74, 6) is -2.80. The number of rotatable bonds is 4. The molecule has 0 spiro atoms. The van der Waals surface area contributed by atoms with E-state index >= 15 is 0 Å². The minimum Gasteiger partial charge on any atom is -0.507 e. The third-order valence-electron chi connectivity index (χ3n) is 1.93. The molecular formula is C12H8Cl2O4. The second kappa shape index (κ2) is 6.23. The zero-order valence-corrected chi connectivity index (χ0v) is 10.4. The highest BCUT2D eigenvalue weighted by atomic mass is 35.5. The lowest BCUT2D eigenvalue weighted by Gasteiger charge is -2.01. The first-order valence-electron chi connectivity index (χ1n) is 4.72. The summed E-state index contributed by atoms with van der Waals surface area (Å²) in [5.41, 5.74) is 0.400. The molecule has 2 N–H and O–H groups in total. The van der Waals surface area contributed by atoms with Gasteiger partial charge < -0.3 is 10.2 Å². The summed E-state index contributed by atoms with van der Waals surface area (Å²) in [6.45, 7) is 0. The number of carboxylic acids is 1. The number of hydrogen-bond donors (Lipinski definition) is 2. The van der Waals surface area contributed by atoms with Crippen LogP contribution in [0.2, 0.25) is 10.0 Å². The maximum absolute atomic E-state index is 10.7. The van der Waals surface area contributed by atoms with E-state index in [-0.39, 0.29) is 10.8 Å². The number of aliphatic hydroxyl groups is 1. The van der Waals surface area contributed by atoms with Crippen LogP contribution in [0.4, 0.5) is 0 Å². The number of allylic oxidation sites excluding steroid dienone is 2. The number of benzene rings is 1. The third-order valence-corrected chi connectivity index (χ3v) is 2.67. The van der Waals surface area contributed by atoms with Crippen LogP contribution < -0.4 is 0 Å². The maximum atomic E-state index is 10.7. The number of carbonyl (C=O) groups is 2. The lowest BCUT2D eigenvalue weighted by atomic mass is 10.2. The smallest absolute Gasteiger partial charge is 0.376 e. The molecule has 0 aliphatic heterocycles. The molecule has 1 aromatic carbocycles. The Morgan fingerprint density at radius 2 is 1.78 bits per heavy atom. The number of hydrogen-bond acceptors (Lipinski definition) is 3. The summed E-state index contributed by atoms with van der Waals surface area (Å²) in [4.78, 5) is 20.9. The molecule has 0 saturated heterocycles. The molecular weight excluding hydrogens is 279 g/mol. The second-order valence-electron chi connectivity index (χ2n) is 3.21. The van der Waals surface area contributed by atoms with E-state index in [0.29, 0.717) is 10.6 Å². The molecule has 0 bridgehead atoms. The molecule has 0 aliphatic rings. The molecule has 4 nitrogen and oxygen atoms in total. The molecule has 0 heterocycles. The minimum atomic E-state index is -1.56. The summed E-state index contributed by atoms with van der Waals surface area (Å²) in [6.07, 6.45) is 3.14. The zero-order valence-electron chi connectivity index (χ0n) is 8.93. The number of halogens is 2. The Hall–Kier alpha value is -1.78. The van der Waals surface area contributed by atoms with Crippen LogP contribution in [0.15, 0.2) is 36.4 Å². The van der Waals surface area contributed by atoms with E-state index in [4.69, 9.17) is 28.3 Å². The van der Waals surface area contributed by atoms with Gasteiger partial charge in [0.05, 0.1) is 10.0 Å². The molecule has 6 heteroatoms. The summed E-state index contributed by atoms with van der Waals surface area (Å²) in [7, 11) is 0. The number of carbonyl (C=O) groups excluding carboxylic acids is 1. The predicted octanol–water partition coefficient (Wildman–Crippen LogP) is 3.10. The van der Waals surface area contributed by atoms with Crippen molar-refractivity contribution in [3.8, 4) is 0 Å². The summed E-state index contributed by atoms with van der Waals surface area (Å²) < 4.78 is 0. The molecule has 0 unspecified atom stereocenters. The van der Waals surface area contributed by atoms with Crippen LogP contribution in [-0.2, 0) is 9.59 Å². The Bertz CT molecular complexity index is 547. The van der Waals surface area contributed by atoms with E-state index in [1.54, 1.807) is 0 Å². The monoisotopic (exact) mass is 286 g/mol. The predicted molar refractivity (Wildman–Crippen MR) is 68.9 cm³/mol. The van der Waals surface area contributed by atoms with E-state index in [0.717, 1.165) is 12.2 Å². The third kappa shape index (κ3) is 3.91. The molecule has 0 aliphatic carbocycles. The van der Waals surface area contributed by atoms with Gasteiger partial charge >= 0.3 is 5.97 Å². The van der Waals surface area contributed by atoms with Gasteiger partial charge in [-0.2, -0.15) is 0 Å². The molecule has 1 rings (SSSR count). The van der Waals surface area contributed by atoms with Gasteiger partial charge in [-0.3, -0.25) is 4.79 Å². The molecule has 0 saturated carbocycles. The number of ketones is 1. The number of carboxylic acid groups (broad SMARTS) is 1. The lowest BCUT2D eigenvalue weighted by molar-refractivity contribution is -0.146. The number of aliphatic carboxylic acids is 1. The van der Waals surface area contributed by atoms with Gasteiger partial charge in [-0.15, -0.1) is 0 Å². The molecule has 1 aromatic rings. The fourth-order valence-corrected chi connectivity index (χ4v) is 1.35. The standard InChI is InChI=1S/C12H8Cl2O4/c13-8-5-4-7(6-9(8)14)10(15)2-1-3-11(16)12(17)18/h1-6,15H,(H,17,18)/b3-1+,10-2-. The summed E-state index contributed by atoms with van der Waals surface area (Å²) >= 11 is 11.5. The molecule has 0 radical (unpaired) electrons. The largest absolute Gasteiger partial charge is 0.507 e. The Morgan fingerprint density at radius 3 is 2.33 bits per heavy atom. The van der Waals surface area contributed by atoms with Gasteiger partial charge in [0, 0.05) is 5.56 Å². The molecule has 0 atom stereocenters. The fraction of sp³-hybridized carbons (Fsp3) is 0. The van der Waals surface area contributed by atoms with Gasteiger partial charge in [0.25, 0.3) is 5.78 Å². The van der Waals surface area contributed by atoms with E-state index < -0.39 is 11.8 Å². The fourth-order valence-electron chi connectivity index (χ4n) is 1.05. The van der Waals surface area contributed by atoms with Crippen molar-refractivity contribution >= 4 is 40.7 Å². The van der Waals surface area contributed by atoms with Crippen molar-refractivity contribution in [1.82, 2.24) is 0 Å². The minimum absolute atomic E-state index is 0.164. The van der Waals surface area contributed by atoms with Crippen LogP contribution in [-0.4, -0.2) is 22.0 Å². The molecule has 0 aromatic heterocycles. The highest BCUT2D eigenvalue weighted by molar-refractivity contribution is 6.42. The van der Waals surface area contributed by atoms with Gasteiger partial charge in [0.2, 0.25) is 0 Å². The van der Waals surface area contributed by atoms with Crippen molar-refractivity contribution in [2.24, 2.45) is 0 Å². The first-order chi connectivity index (χ1) is 8.41. The van der Waals surface area contributed by atoms with Gasteiger partial charge in [-0.25, -0.2) is 4.79 Å². The van der Waals surface area contributed by atoms with Crippen molar-refractivity contribution in [2.75, 3.05) is 0 Å². The van der Waals surface area contributed by atoms with Crippen LogP contribution >= 0.6 is 23.2 Å². The van der Waals surface area contributed by atoms with E-state index in [9.17, 15) is 14.7 Å². The second-order valence-corrected chi connectivity index (χ2v) is 4.02. The molecule has 94 valence electrons. The maximum Gasteiger partial charge on any atom is 0.376 e. The summed E-state index contributed by atoms with van der Waals surface area (Å²) in [6, 6.07) is 4.49. The topological polar surface area (TPSA) is 74.6 Å². The van der Waals surface area contributed by atoms with Crippen LogP contribution in [0.25, 0.3) is 5.76 Å². The quantitative estimate of drug-likeness (QED) is 0.386. The van der Waals surface area contributed by atoms with Crippen molar-refractivity contribution in [2.45, 2.75) is 0 Å². The van der Waals surface area contributed by atoms with E-state index in [1.807, 2.05) is 0 Å². The van der Waals surface area contributed by atoms with Gasteiger partial charge in [0.15, 0.2) is 0 Å². The van der Waals surface area contributed by atoms with E-state index in [1.165, 1.54) is 24.3 Å². The highest BCUT2D eigenvalue weighted by Gasteiger charge is 2.05. The molecule has 0 amide bonds. The average molecular weight is 287 g/mol. The van der Waals surface area contributed by atoms with Gasteiger partial charge in [0.1, 0.15) is 5.76 Å². The lowest BCUT2D eigenvalue weighted by Crippen LogP contribution is -2.08. The van der Waals surface area contributed by atoms with Crippen molar-refractivity contribution in [1.29, 1.82) is 0 Å². The van der Waals surface area contributed by atoms with Gasteiger partial charge in [-0.1, -0.05) is 29.3 Å². The Labute approximate surface area is 113 Å². The Balaban J connectivity index is 2.86. The Kier molecular flexibility index (Phi) is 4.95. The highest BCUT2D eigenvalue weighted by Crippen LogP contribution is 2.25. The van der Waals surface area contributed by atoms with E-state index in [2.05, 4.69) is 0 Å². The average Bonchev–Trinajstić information content (AvgIpc) is 2.32. The summed E-state index contributed by atoms with van der Waals surface area (Å²) in [5, 5.41) is 18.6. The van der Waals surface area contributed by atoms with Crippen LogP contribution in [0.1, 0.15) is 5.56 Å². The van der Waals surface area contributed by atoms with Crippen molar-refractivity contribution in [3.05, 3.63) is 52.0 Å². The van der Waals surface area contributed by atoms with Crippen LogP contribution in [0.5, 0.6) is 0 Å². The van der Waals surface area contributed by atoms with Gasteiger partial charge in [-0.05, 0) is 30.4 Å². The van der Waals surface area contributed by atoms with Crippen LogP contribution in [0, 0.1) is 0 Å². The Morgan fingerprint density at radius 1 is 1.11 bits per heavy atom. The zero-order chi connectivity index (χ0) is 13.7.